The van der Waals surface area contributed by atoms with E-state index in [9.17, 15) is 0 Å². The molecule has 1 fully saturated rings. The maximum Gasteiger partial charge on any atom is 0.108 e. The largest absolute Gasteiger partial charge is 0.381 e. The monoisotopic (exact) mass is 211 g/mol. The van der Waals surface area contributed by atoms with Gasteiger partial charge in [-0.05, 0) is 26.4 Å². The molecule has 0 saturated carbocycles. The van der Waals surface area contributed by atoms with Crippen molar-refractivity contribution in [2.24, 2.45) is 0 Å². The molecule has 1 aliphatic rings. The van der Waals surface area contributed by atoms with E-state index in [4.69, 9.17) is 10.00 Å². The Morgan fingerprint density at radius 3 is 2.73 bits per heavy atom. The quantitative estimate of drug-likeness (QED) is 0.723. The Kier molecular flexibility index (Phi) is 5.62. The van der Waals surface area contributed by atoms with Crippen molar-refractivity contribution in [3.05, 3.63) is 0 Å². The van der Waals surface area contributed by atoms with E-state index < -0.39 is 0 Å². The third kappa shape index (κ3) is 4.17. The Morgan fingerprint density at radius 1 is 1.53 bits per heavy atom. The molecule has 0 aromatic carbocycles. The molecule has 86 valence electrons. The maximum absolute atomic E-state index is 8.94. The van der Waals surface area contributed by atoms with Gasteiger partial charge in [0.1, 0.15) is 6.04 Å². The van der Waals surface area contributed by atoms with Gasteiger partial charge in [-0.2, -0.15) is 5.26 Å². The van der Waals surface area contributed by atoms with Crippen molar-refractivity contribution in [2.75, 3.05) is 33.4 Å². The van der Waals surface area contributed by atoms with Gasteiger partial charge in [-0.25, -0.2) is 0 Å². The predicted molar refractivity (Wildman–Crippen MR) is 59.5 cm³/mol. The van der Waals surface area contributed by atoms with E-state index in [1.54, 1.807) is 0 Å². The second-order valence-electron chi connectivity index (χ2n) is 4.02. The SMILES string of the molecule is CCNC(C#N)CN(C)C1CCOCC1. The molecule has 0 spiro atoms. The number of hydrogen-bond acceptors (Lipinski definition) is 4. The number of rotatable bonds is 5. The first kappa shape index (κ1) is 12.4. The number of likely N-dealkylation sites (N-methyl/N-ethyl adjacent to an activating group) is 2. The predicted octanol–water partition coefficient (Wildman–Crippen LogP) is 0.599. The van der Waals surface area contributed by atoms with Crippen LogP contribution >= 0.6 is 0 Å². The summed E-state index contributed by atoms with van der Waals surface area (Å²) in [5, 5.41) is 12.1. The van der Waals surface area contributed by atoms with Crippen molar-refractivity contribution in [3.63, 3.8) is 0 Å². The average molecular weight is 211 g/mol. The van der Waals surface area contributed by atoms with Gasteiger partial charge in [0.2, 0.25) is 0 Å². The van der Waals surface area contributed by atoms with Gasteiger partial charge < -0.3 is 15.0 Å². The Morgan fingerprint density at radius 2 is 2.20 bits per heavy atom. The van der Waals surface area contributed by atoms with Crippen molar-refractivity contribution in [1.82, 2.24) is 10.2 Å². The molecule has 15 heavy (non-hydrogen) atoms. The van der Waals surface area contributed by atoms with Crippen molar-refractivity contribution in [1.29, 1.82) is 5.26 Å². The highest BCUT2D eigenvalue weighted by Crippen LogP contribution is 2.12. The molecule has 1 N–H and O–H groups in total. The van der Waals surface area contributed by atoms with Crippen LogP contribution in [-0.4, -0.2) is 50.3 Å². The van der Waals surface area contributed by atoms with Crippen molar-refractivity contribution >= 4 is 0 Å². The van der Waals surface area contributed by atoms with E-state index in [-0.39, 0.29) is 6.04 Å². The molecule has 1 unspecified atom stereocenters. The number of hydrogen-bond donors (Lipinski definition) is 1. The standard InChI is InChI=1S/C11H21N3O/c1-3-13-10(8-12)9-14(2)11-4-6-15-7-5-11/h10-11,13H,3-7,9H2,1-2H3. The van der Waals surface area contributed by atoms with Gasteiger partial charge in [-0.3, -0.25) is 0 Å². The summed E-state index contributed by atoms with van der Waals surface area (Å²) < 4.78 is 5.32. The first-order valence-electron chi connectivity index (χ1n) is 5.69. The first-order valence-corrected chi connectivity index (χ1v) is 5.69. The van der Waals surface area contributed by atoms with Gasteiger partial charge in [-0.1, -0.05) is 6.92 Å². The first-order chi connectivity index (χ1) is 7.27. The highest BCUT2D eigenvalue weighted by molar-refractivity contribution is 4.92. The molecule has 4 heteroatoms. The van der Waals surface area contributed by atoms with Gasteiger partial charge in [0.15, 0.2) is 0 Å². The zero-order chi connectivity index (χ0) is 11.1. The molecule has 0 aliphatic carbocycles. The normalized spacial score (nSPS) is 20.1. The van der Waals surface area contributed by atoms with Crippen molar-refractivity contribution < 1.29 is 4.74 Å². The minimum absolute atomic E-state index is 0.0529. The molecule has 0 bridgehead atoms. The van der Waals surface area contributed by atoms with E-state index >= 15 is 0 Å². The van der Waals surface area contributed by atoms with Crippen LogP contribution in [-0.2, 0) is 4.74 Å². The van der Waals surface area contributed by atoms with Crippen LogP contribution in [0.15, 0.2) is 0 Å². The zero-order valence-electron chi connectivity index (χ0n) is 9.70. The summed E-state index contributed by atoms with van der Waals surface area (Å²) in [5.74, 6) is 0. The second-order valence-corrected chi connectivity index (χ2v) is 4.02. The minimum atomic E-state index is -0.0529. The van der Waals surface area contributed by atoms with Gasteiger partial charge in [0.05, 0.1) is 6.07 Å². The summed E-state index contributed by atoms with van der Waals surface area (Å²) in [6.07, 6.45) is 2.17. The summed E-state index contributed by atoms with van der Waals surface area (Å²) in [7, 11) is 2.09. The highest BCUT2D eigenvalue weighted by atomic mass is 16.5. The fourth-order valence-corrected chi connectivity index (χ4v) is 1.96. The Balaban J connectivity index is 2.32. The highest BCUT2D eigenvalue weighted by Gasteiger charge is 2.20. The molecule has 1 saturated heterocycles. The molecule has 0 radical (unpaired) electrons. The number of nitrogens with one attached hydrogen (secondary N) is 1. The summed E-state index contributed by atoms with van der Waals surface area (Å²) in [6.45, 7) is 5.38. The Bertz CT molecular complexity index is 208. The Hall–Kier alpha value is -0.630. The van der Waals surface area contributed by atoms with E-state index in [0.717, 1.165) is 39.1 Å². The third-order valence-electron chi connectivity index (χ3n) is 2.89. The minimum Gasteiger partial charge on any atom is -0.381 e. The van der Waals surface area contributed by atoms with Gasteiger partial charge in [-0.15, -0.1) is 0 Å². The van der Waals surface area contributed by atoms with E-state index in [2.05, 4.69) is 23.3 Å². The van der Waals surface area contributed by atoms with Crippen LogP contribution in [0.3, 0.4) is 0 Å². The van der Waals surface area contributed by atoms with Crippen LogP contribution in [0.4, 0.5) is 0 Å². The molecule has 1 atom stereocenters. The van der Waals surface area contributed by atoms with Crippen LogP contribution in [0, 0.1) is 11.3 Å². The number of nitriles is 1. The summed E-state index contributed by atoms with van der Waals surface area (Å²) in [6, 6.07) is 2.81. The summed E-state index contributed by atoms with van der Waals surface area (Å²) >= 11 is 0. The summed E-state index contributed by atoms with van der Waals surface area (Å²) in [5.41, 5.74) is 0. The van der Waals surface area contributed by atoms with E-state index in [0.29, 0.717) is 6.04 Å². The fourth-order valence-electron chi connectivity index (χ4n) is 1.96. The lowest BCUT2D eigenvalue weighted by Crippen LogP contribution is -2.44. The van der Waals surface area contributed by atoms with Gasteiger partial charge in [0, 0.05) is 25.8 Å². The molecule has 0 aromatic rings. The smallest absolute Gasteiger partial charge is 0.108 e. The molecule has 0 aromatic heterocycles. The van der Waals surface area contributed by atoms with Gasteiger partial charge in [0.25, 0.3) is 0 Å². The van der Waals surface area contributed by atoms with E-state index in [1.165, 1.54) is 0 Å². The topological polar surface area (TPSA) is 48.3 Å². The lowest BCUT2D eigenvalue weighted by Gasteiger charge is -2.32. The number of nitrogens with zero attached hydrogens (tertiary/aromatic N) is 2. The molecule has 1 rings (SSSR count). The van der Waals surface area contributed by atoms with Crippen LogP contribution < -0.4 is 5.32 Å². The molecule has 1 aliphatic heterocycles. The zero-order valence-corrected chi connectivity index (χ0v) is 9.70. The Labute approximate surface area is 92.2 Å². The van der Waals surface area contributed by atoms with Crippen LogP contribution in [0.5, 0.6) is 0 Å². The maximum atomic E-state index is 8.94. The number of ether oxygens (including phenoxy) is 1. The molecular weight excluding hydrogens is 190 g/mol. The van der Waals surface area contributed by atoms with Crippen molar-refractivity contribution in [2.45, 2.75) is 31.8 Å². The molecule has 0 amide bonds. The van der Waals surface area contributed by atoms with Crippen molar-refractivity contribution in [3.8, 4) is 6.07 Å². The lowest BCUT2D eigenvalue weighted by atomic mass is 10.1. The fraction of sp³-hybridized carbons (Fsp3) is 0.909. The van der Waals surface area contributed by atoms with Gasteiger partial charge >= 0.3 is 0 Å². The van der Waals surface area contributed by atoms with Crippen LogP contribution in [0.2, 0.25) is 0 Å². The molecular formula is C11H21N3O. The van der Waals surface area contributed by atoms with E-state index in [1.807, 2.05) is 6.92 Å². The second kappa shape index (κ2) is 6.78. The molecule has 4 nitrogen and oxygen atoms in total. The summed E-state index contributed by atoms with van der Waals surface area (Å²) in [4.78, 5) is 2.28. The lowest BCUT2D eigenvalue weighted by molar-refractivity contribution is 0.0418. The molecule has 1 heterocycles. The third-order valence-corrected chi connectivity index (χ3v) is 2.89. The van der Waals surface area contributed by atoms with Crippen LogP contribution in [0.25, 0.3) is 0 Å². The van der Waals surface area contributed by atoms with Crippen LogP contribution in [0.1, 0.15) is 19.8 Å². The average Bonchev–Trinajstić information content (AvgIpc) is 2.29.